The Labute approximate surface area is 189 Å². The van der Waals surface area contributed by atoms with Gasteiger partial charge in [0.1, 0.15) is 12.4 Å². The van der Waals surface area contributed by atoms with E-state index in [4.69, 9.17) is 4.74 Å². The summed E-state index contributed by atoms with van der Waals surface area (Å²) < 4.78 is 30.8. The maximum atomic E-state index is 12.3. The lowest BCUT2D eigenvalue weighted by atomic mass is 10.1. The van der Waals surface area contributed by atoms with Crippen LogP contribution in [0.15, 0.2) is 41.3 Å². The molecule has 172 valence electrons. The standard InChI is InChI=1S/C23H30N4O4S/c1-6-27(7-2)17-8-10-19(16(3)14-17)25-23(28)31-13-12-22-24-20-15-18(32(5,29)30)9-11-21(20)26(22)4/h8-11,14-15H,6-7,12-13H2,1-5H3,(H,25,28). The molecule has 2 aromatic carbocycles. The molecule has 1 amide bonds. The summed E-state index contributed by atoms with van der Waals surface area (Å²) in [6.07, 6.45) is 1.05. The predicted molar refractivity (Wildman–Crippen MR) is 127 cm³/mol. The van der Waals surface area contributed by atoms with Gasteiger partial charge in [0, 0.05) is 44.2 Å². The molecule has 8 nitrogen and oxygen atoms in total. The van der Waals surface area contributed by atoms with Gasteiger partial charge in [0.05, 0.1) is 15.9 Å². The maximum Gasteiger partial charge on any atom is 0.411 e. The number of aryl methyl sites for hydroxylation is 2. The fourth-order valence-corrected chi connectivity index (χ4v) is 4.28. The Hall–Kier alpha value is -3.07. The number of benzene rings is 2. The van der Waals surface area contributed by atoms with Crippen molar-refractivity contribution in [3.8, 4) is 0 Å². The van der Waals surface area contributed by atoms with Crippen molar-refractivity contribution in [3.05, 3.63) is 47.8 Å². The van der Waals surface area contributed by atoms with Crippen LogP contribution in [-0.2, 0) is 28.0 Å². The highest BCUT2D eigenvalue weighted by atomic mass is 32.2. The van der Waals surface area contributed by atoms with Crippen LogP contribution in [0.25, 0.3) is 11.0 Å². The molecule has 0 aliphatic carbocycles. The summed E-state index contributed by atoms with van der Waals surface area (Å²) in [4.78, 5) is 19.2. The molecule has 0 unspecified atom stereocenters. The normalized spacial score (nSPS) is 11.5. The maximum absolute atomic E-state index is 12.3. The lowest BCUT2D eigenvalue weighted by Gasteiger charge is -2.22. The Balaban J connectivity index is 1.61. The predicted octanol–water partition coefficient (Wildman–Crippen LogP) is 3.92. The van der Waals surface area contributed by atoms with E-state index in [2.05, 4.69) is 29.0 Å². The number of imidazole rings is 1. The molecule has 3 rings (SSSR count). The van der Waals surface area contributed by atoms with E-state index in [1.165, 1.54) is 6.26 Å². The van der Waals surface area contributed by atoms with Gasteiger partial charge in [-0.3, -0.25) is 5.32 Å². The number of fused-ring (bicyclic) bond motifs is 1. The molecule has 0 radical (unpaired) electrons. The quantitative estimate of drug-likeness (QED) is 0.550. The average Bonchev–Trinajstić information content (AvgIpc) is 3.05. The third-order valence-corrected chi connectivity index (χ3v) is 6.62. The van der Waals surface area contributed by atoms with Crippen LogP contribution in [0.1, 0.15) is 25.2 Å². The topological polar surface area (TPSA) is 93.5 Å². The van der Waals surface area contributed by atoms with Crippen LogP contribution in [-0.4, -0.2) is 50.0 Å². The van der Waals surface area contributed by atoms with Crippen LogP contribution < -0.4 is 10.2 Å². The fourth-order valence-electron chi connectivity index (χ4n) is 3.64. The largest absolute Gasteiger partial charge is 0.449 e. The first-order valence-corrected chi connectivity index (χ1v) is 12.5. The van der Waals surface area contributed by atoms with Crippen LogP contribution in [0, 0.1) is 6.92 Å². The molecule has 0 saturated heterocycles. The Morgan fingerprint density at radius 2 is 1.88 bits per heavy atom. The summed E-state index contributed by atoms with van der Waals surface area (Å²) in [5, 5.41) is 2.79. The summed E-state index contributed by atoms with van der Waals surface area (Å²) in [5.41, 5.74) is 4.21. The van der Waals surface area contributed by atoms with E-state index in [9.17, 15) is 13.2 Å². The van der Waals surface area contributed by atoms with Gasteiger partial charge >= 0.3 is 6.09 Å². The highest BCUT2D eigenvalue weighted by molar-refractivity contribution is 7.90. The summed E-state index contributed by atoms with van der Waals surface area (Å²) in [7, 11) is -1.45. The zero-order valence-electron chi connectivity index (χ0n) is 19.2. The second-order valence-electron chi connectivity index (χ2n) is 7.69. The zero-order valence-corrected chi connectivity index (χ0v) is 20.0. The van der Waals surface area contributed by atoms with Crippen molar-refractivity contribution >= 4 is 38.3 Å². The summed E-state index contributed by atoms with van der Waals surface area (Å²) >= 11 is 0. The highest BCUT2D eigenvalue weighted by Gasteiger charge is 2.14. The number of ether oxygens (including phenoxy) is 1. The van der Waals surface area contributed by atoms with E-state index in [1.807, 2.05) is 36.7 Å². The number of aromatic nitrogens is 2. The molecular weight excluding hydrogens is 428 g/mol. The molecule has 32 heavy (non-hydrogen) atoms. The van der Waals surface area contributed by atoms with Crippen molar-refractivity contribution in [2.24, 2.45) is 7.05 Å². The van der Waals surface area contributed by atoms with Gasteiger partial charge in [-0.2, -0.15) is 0 Å². The number of nitrogens with one attached hydrogen (secondary N) is 1. The number of carbonyl (C=O) groups is 1. The molecule has 0 aliphatic rings. The summed E-state index contributed by atoms with van der Waals surface area (Å²) in [5.74, 6) is 0.707. The molecule has 1 heterocycles. The van der Waals surface area contributed by atoms with Crippen molar-refractivity contribution in [1.82, 2.24) is 9.55 Å². The molecule has 0 bridgehead atoms. The monoisotopic (exact) mass is 458 g/mol. The number of rotatable bonds is 8. The average molecular weight is 459 g/mol. The van der Waals surface area contributed by atoms with Crippen LogP contribution in [0.4, 0.5) is 16.2 Å². The molecule has 0 saturated carbocycles. The van der Waals surface area contributed by atoms with Gasteiger partial charge in [-0.05, 0) is 62.7 Å². The van der Waals surface area contributed by atoms with Gasteiger partial charge in [0.25, 0.3) is 0 Å². The molecular formula is C23H30N4O4S. The fraction of sp³-hybridized carbons (Fsp3) is 0.391. The van der Waals surface area contributed by atoms with Crippen LogP contribution in [0.3, 0.4) is 0 Å². The smallest absolute Gasteiger partial charge is 0.411 e. The third-order valence-electron chi connectivity index (χ3n) is 5.51. The number of hydrogen-bond donors (Lipinski definition) is 1. The minimum atomic E-state index is -3.30. The van der Waals surface area contributed by atoms with Gasteiger partial charge in [-0.15, -0.1) is 0 Å². The van der Waals surface area contributed by atoms with E-state index < -0.39 is 15.9 Å². The number of hydrogen-bond acceptors (Lipinski definition) is 6. The molecule has 3 aromatic rings. The van der Waals surface area contributed by atoms with Gasteiger partial charge in [-0.25, -0.2) is 18.2 Å². The number of amides is 1. The second kappa shape index (κ2) is 9.60. The first-order valence-electron chi connectivity index (χ1n) is 10.6. The highest BCUT2D eigenvalue weighted by Crippen LogP contribution is 2.23. The third kappa shape index (κ3) is 5.21. The molecule has 9 heteroatoms. The van der Waals surface area contributed by atoms with E-state index in [0.29, 0.717) is 23.4 Å². The van der Waals surface area contributed by atoms with Crippen molar-refractivity contribution in [2.45, 2.75) is 32.1 Å². The van der Waals surface area contributed by atoms with E-state index in [0.717, 1.165) is 29.9 Å². The Bertz CT molecular complexity index is 1230. The number of carbonyl (C=O) groups excluding carboxylic acids is 1. The molecule has 0 aliphatic heterocycles. The van der Waals surface area contributed by atoms with Gasteiger partial charge < -0.3 is 14.2 Å². The summed E-state index contributed by atoms with van der Waals surface area (Å²) in [6.45, 7) is 8.16. The second-order valence-corrected chi connectivity index (χ2v) is 9.71. The van der Waals surface area contributed by atoms with Crippen LogP contribution >= 0.6 is 0 Å². The van der Waals surface area contributed by atoms with Crippen molar-refractivity contribution < 1.29 is 17.9 Å². The minimum absolute atomic E-state index is 0.151. The van der Waals surface area contributed by atoms with Crippen molar-refractivity contribution in [2.75, 3.05) is 36.2 Å². The first-order chi connectivity index (χ1) is 15.1. The molecule has 1 N–H and O–H groups in total. The SMILES string of the molecule is CCN(CC)c1ccc(NC(=O)OCCc2nc3cc(S(C)(=O)=O)ccc3n2C)c(C)c1. The molecule has 0 spiro atoms. The Morgan fingerprint density at radius 3 is 2.50 bits per heavy atom. The molecule has 1 aromatic heterocycles. The number of sulfone groups is 1. The first kappa shape index (κ1) is 23.6. The molecule has 0 fully saturated rings. The zero-order chi connectivity index (χ0) is 23.5. The van der Waals surface area contributed by atoms with E-state index in [-0.39, 0.29) is 11.5 Å². The van der Waals surface area contributed by atoms with Crippen LogP contribution in [0.2, 0.25) is 0 Å². The van der Waals surface area contributed by atoms with Gasteiger partial charge in [0.2, 0.25) is 0 Å². The van der Waals surface area contributed by atoms with Crippen LogP contribution in [0.5, 0.6) is 0 Å². The lowest BCUT2D eigenvalue weighted by Crippen LogP contribution is -2.22. The van der Waals surface area contributed by atoms with Gasteiger partial charge in [0.15, 0.2) is 9.84 Å². The summed E-state index contributed by atoms with van der Waals surface area (Å²) in [6, 6.07) is 10.8. The molecule has 0 atom stereocenters. The van der Waals surface area contributed by atoms with Crippen molar-refractivity contribution in [1.29, 1.82) is 0 Å². The minimum Gasteiger partial charge on any atom is -0.449 e. The number of anilines is 2. The van der Waals surface area contributed by atoms with Crippen molar-refractivity contribution in [3.63, 3.8) is 0 Å². The van der Waals surface area contributed by atoms with E-state index >= 15 is 0 Å². The van der Waals surface area contributed by atoms with Gasteiger partial charge in [-0.1, -0.05) is 0 Å². The lowest BCUT2D eigenvalue weighted by molar-refractivity contribution is 0.162. The number of nitrogens with zero attached hydrogens (tertiary/aromatic N) is 3. The van der Waals surface area contributed by atoms with E-state index in [1.54, 1.807) is 18.2 Å². The Kier molecular flexibility index (Phi) is 7.08. The Morgan fingerprint density at radius 1 is 1.16 bits per heavy atom.